The van der Waals surface area contributed by atoms with Crippen LogP contribution < -0.4 is 30.8 Å². The normalized spacial score (nSPS) is 13.9. The van der Waals surface area contributed by atoms with Crippen molar-refractivity contribution >= 4 is 62.1 Å². The van der Waals surface area contributed by atoms with E-state index in [4.69, 9.17) is 15.3 Å². The van der Waals surface area contributed by atoms with E-state index in [1.54, 1.807) is 0 Å². The molecule has 0 amide bonds. The van der Waals surface area contributed by atoms with Crippen molar-refractivity contribution in [3.63, 3.8) is 0 Å². The smallest absolute Gasteiger partial charge is 0.260 e. The highest BCUT2D eigenvalue weighted by atomic mass is 16.5. The quantitative estimate of drug-likeness (QED) is 0.172. The van der Waals surface area contributed by atoms with Crippen molar-refractivity contribution in [2.75, 3.05) is 4.90 Å². The van der Waals surface area contributed by atoms with E-state index < -0.39 is 0 Å². The Labute approximate surface area is 314 Å². The van der Waals surface area contributed by atoms with Crippen LogP contribution in [0, 0.1) is 0 Å². The third kappa shape index (κ3) is 5.43. The van der Waals surface area contributed by atoms with Crippen LogP contribution in [0.5, 0.6) is 23.0 Å². The monoisotopic (exact) mass is 696 g/mol. The van der Waals surface area contributed by atoms with Crippen molar-refractivity contribution in [2.24, 2.45) is 0 Å². The number of furan rings is 1. The Bertz CT molecular complexity index is 2560. The second kappa shape index (κ2) is 11.5. The van der Waals surface area contributed by atoms with E-state index in [0.29, 0.717) is 17.5 Å². The van der Waals surface area contributed by atoms with Gasteiger partial charge in [0.1, 0.15) is 28.6 Å². The zero-order chi connectivity index (χ0) is 37.9. The van der Waals surface area contributed by atoms with E-state index in [1.165, 1.54) is 16.7 Å². The van der Waals surface area contributed by atoms with Gasteiger partial charge in [-0.15, -0.1) is 0 Å². The molecule has 0 spiro atoms. The molecule has 0 saturated heterocycles. The molecular formula is C48H46BNO3. The lowest BCUT2D eigenvalue weighted by Crippen LogP contribution is -2.57. The van der Waals surface area contributed by atoms with Crippen molar-refractivity contribution in [1.29, 1.82) is 0 Å². The first kappa shape index (κ1) is 32.3. The van der Waals surface area contributed by atoms with Gasteiger partial charge in [0.25, 0.3) is 6.71 Å². The largest absolute Gasteiger partial charge is 0.458 e. The Balaban J connectivity index is 1.38. The van der Waals surface area contributed by atoms with Crippen LogP contribution in [-0.2, 0) is 16.2 Å². The Morgan fingerprint density at radius 2 is 1.13 bits per heavy atom. The lowest BCUT2D eigenvalue weighted by Gasteiger charge is -2.35. The maximum Gasteiger partial charge on any atom is 0.260 e. The van der Waals surface area contributed by atoms with E-state index in [2.05, 4.69) is 152 Å². The number of benzene rings is 6. The second-order valence-electron chi connectivity index (χ2n) is 17.8. The van der Waals surface area contributed by atoms with Gasteiger partial charge in [0.2, 0.25) is 0 Å². The van der Waals surface area contributed by atoms with E-state index in [0.717, 1.165) is 66.9 Å². The van der Waals surface area contributed by atoms with Gasteiger partial charge in [-0.3, -0.25) is 0 Å². The molecule has 0 bridgehead atoms. The van der Waals surface area contributed by atoms with Gasteiger partial charge < -0.3 is 18.8 Å². The highest BCUT2D eigenvalue weighted by molar-refractivity contribution is 6.98. The molecule has 1 aromatic heterocycles. The number of para-hydroxylation sites is 1. The van der Waals surface area contributed by atoms with Gasteiger partial charge in [-0.25, -0.2) is 0 Å². The summed E-state index contributed by atoms with van der Waals surface area (Å²) in [7, 11) is 0. The van der Waals surface area contributed by atoms with E-state index in [-0.39, 0.29) is 23.0 Å². The van der Waals surface area contributed by atoms with Crippen LogP contribution in [0.15, 0.2) is 120 Å². The van der Waals surface area contributed by atoms with Gasteiger partial charge in [-0.05, 0) is 98.5 Å². The number of fused-ring (bicyclic) bond motifs is 8. The van der Waals surface area contributed by atoms with E-state index in [9.17, 15) is 0 Å². The summed E-state index contributed by atoms with van der Waals surface area (Å²) in [6.45, 7) is 20.0. The molecule has 2 aliphatic heterocycles. The molecule has 0 N–H and O–H groups in total. The molecule has 53 heavy (non-hydrogen) atoms. The van der Waals surface area contributed by atoms with Gasteiger partial charge in [-0.1, -0.05) is 123 Å². The molecule has 0 unspecified atom stereocenters. The third-order valence-electron chi connectivity index (χ3n) is 11.0. The van der Waals surface area contributed by atoms with Crippen molar-refractivity contribution < 1.29 is 15.3 Å². The number of hydrogen-bond donors (Lipinski definition) is 0. The summed E-state index contributed by atoms with van der Waals surface area (Å²) in [5.41, 5.74) is 11.3. The summed E-state index contributed by atoms with van der Waals surface area (Å²) in [4.78, 5) is 2.33. The number of ether oxygens (including phenoxy) is 2. The van der Waals surface area contributed by atoms with Gasteiger partial charge >= 0.3 is 0 Å². The molecule has 7 aromatic rings. The van der Waals surface area contributed by atoms with Gasteiger partial charge in [0.05, 0.1) is 12.4 Å². The molecule has 3 heterocycles. The molecule has 9 rings (SSSR count). The molecule has 264 valence electrons. The standard InChI is InChI=1S/C48H46BNO3/c1-46(2,3)29-17-22-32(23-18-29)50(33-24-19-30(20-25-33)47(4,5)6)37-28-36-44(42-34-13-10-11-14-38(34)52-45(37)42)53-41-16-12-15-40-43(41)49(36)35-27-31(48(7,8)9)21-26-39(35)51-40/h10-28H,1-9H3/i12D. The van der Waals surface area contributed by atoms with Crippen molar-refractivity contribution in [2.45, 2.75) is 78.6 Å². The fraction of sp³-hybridized carbons (Fsp3) is 0.250. The predicted molar refractivity (Wildman–Crippen MR) is 222 cm³/mol. The highest BCUT2D eigenvalue weighted by Gasteiger charge is 2.43. The summed E-state index contributed by atoms with van der Waals surface area (Å²) >= 11 is 0. The van der Waals surface area contributed by atoms with Crippen LogP contribution in [0.4, 0.5) is 17.1 Å². The summed E-state index contributed by atoms with van der Waals surface area (Å²) in [5.74, 6) is 2.87. The average Bonchev–Trinajstić information content (AvgIpc) is 3.51. The van der Waals surface area contributed by atoms with Crippen LogP contribution in [0.2, 0.25) is 0 Å². The van der Waals surface area contributed by atoms with E-state index in [1.807, 2.05) is 24.3 Å². The molecule has 0 aliphatic carbocycles. The lowest BCUT2D eigenvalue weighted by molar-refractivity contribution is 0.466. The number of hydrogen-bond acceptors (Lipinski definition) is 4. The summed E-state index contributed by atoms with van der Waals surface area (Å²) in [6, 6.07) is 38.9. The van der Waals surface area contributed by atoms with Crippen molar-refractivity contribution in [1.82, 2.24) is 0 Å². The topological polar surface area (TPSA) is 34.8 Å². The van der Waals surface area contributed by atoms with Crippen LogP contribution in [0.25, 0.3) is 21.9 Å². The maximum atomic E-state index is 8.72. The predicted octanol–water partition coefficient (Wildman–Crippen LogP) is 11.7. The maximum absolute atomic E-state index is 8.72. The zero-order valence-corrected chi connectivity index (χ0v) is 32.1. The van der Waals surface area contributed by atoms with Gasteiger partial charge in [-0.2, -0.15) is 0 Å². The lowest BCUT2D eigenvalue weighted by atomic mass is 9.34. The molecule has 0 radical (unpaired) electrons. The fourth-order valence-electron chi connectivity index (χ4n) is 7.98. The summed E-state index contributed by atoms with van der Waals surface area (Å²) in [5, 5.41) is 1.90. The van der Waals surface area contributed by atoms with Gasteiger partial charge in [0, 0.05) is 22.2 Å². The molecule has 6 aromatic carbocycles. The Morgan fingerprint density at radius 1 is 0.566 bits per heavy atom. The average molecular weight is 697 g/mol. The van der Waals surface area contributed by atoms with Crippen LogP contribution in [0.1, 0.15) is 80.4 Å². The van der Waals surface area contributed by atoms with Crippen LogP contribution in [0.3, 0.4) is 0 Å². The van der Waals surface area contributed by atoms with Crippen molar-refractivity contribution in [3.8, 4) is 23.0 Å². The first-order valence-corrected chi connectivity index (χ1v) is 18.7. The van der Waals surface area contributed by atoms with Crippen molar-refractivity contribution in [3.05, 3.63) is 132 Å². The zero-order valence-electron chi connectivity index (χ0n) is 33.1. The Kier molecular flexibility index (Phi) is 7.02. The summed E-state index contributed by atoms with van der Waals surface area (Å²) in [6.07, 6.45) is 0. The Hall–Kier alpha value is -5.42. The number of nitrogens with zero attached hydrogens (tertiary/aromatic N) is 1. The molecule has 0 atom stereocenters. The minimum Gasteiger partial charge on any atom is -0.458 e. The molecule has 0 fully saturated rings. The third-order valence-corrected chi connectivity index (χ3v) is 11.0. The van der Waals surface area contributed by atoms with Crippen LogP contribution in [-0.4, -0.2) is 6.71 Å². The molecular weight excluding hydrogens is 649 g/mol. The molecule has 5 heteroatoms. The van der Waals surface area contributed by atoms with Crippen LogP contribution >= 0.6 is 0 Å². The SMILES string of the molecule is [2H]c1cc2c3c(c1)Oc1c(cc(N(c4ccc(C(C)(C)C)cc4)c4ccc(C(C)(C)C)cc4)c4oc5ccccc5c14)B3c1cc(C(C)(C)C)ccc1O2. The number of rotatable bonds is 3. The minimum absolute atomic E-state index is 0.0131. The van der Waals surface area contributed by atoms with Gasteiger partial charge in [0.15, 0.2) is 5.58 Å². The van der Waals surface area contributed by atoms with E-state index >= 15 is 0 Å². The molecule has 4 nitrogen and oxygen atoms in total. The fourth-order valence-corrected chi connectivity index (χ4v) is 7.98. The Morgan fingerprint density at radius 3 is 1.74 bits per heavy atom. The molecule has 2 aliphatic rings. The molecule has 0 saturated carbocycles. The number of anilines is 3. The first-order valence-electron chi connectivity index (χ1n) is 19.2. The summed E-state index contributed by atoms with van der Waals surface area (Å²) < 4.78 is 29.2. The first-order chi connectivity index (χ1) is 25.6. The minimum atomic E-state index is -0.199. The highest BCUT2D eigenvalue weighted by Crippen LogP contribution is 2.48. The second-order valence-corrected chi connectivity index (χ2v) is 17.8.